The predicted octanol–water partition coefficient (Wildman–Crippen LogP) is 2.88. The number of halogens is 1. The maximum atomic E-state index is 10.9. The number of rotatable bonds is 5. The first-order valence-electron chi connectivity index (χ1n) is 7.85. The fourth-order valence-electron chi connectivity index (χ4n) is 2.24. The lowest BCUT2D eigenvalue weighted by atomic mass is 10.1. The summed E-state index contributed by atoms with van der Waals surface area (Å²) in [6.07, 6.45) is 2.40. The molecule has 2 N–H and O–H groups in total. The molecule has 0 bridgehead atoms. The minimum atomic E-state index is -0.444. The summed E-state index contributed by atoms with van der Waals surface area (Å²) in [6.45, 7) is 5.46. The van der Waals surface area contributed by atoms with Gasteiger partial charge in [-0.1, -0.05) is 6.92 Å². The van der Waals surface area contributed by atoms with Crippen LogP contribution in [0.3, 0.4) is 0 Å². The summed E-state index contributed by atoms with van der Waals surface area (Å²) >= 11 is 0. The highest BCUT2D eigenvalue weighted by atomic mass is 35.5. The van der Waals surface area contributed by atoms with Gasteiger partial charge in [-0.25, -0.2) is 0 Å². The van der Waals surface area contributed by atoms with Crippen LogP contribution >= 0.6 is 12.4 Å². The summed E-state index contributed by atoms with van der Waals surface area (Å²) in [5, 5.41) is 11.5. The van der Waals surface area contributed by atoms with Crippen LogP contribution in [-0.4, -0.2) is 27.5 Å². The van der Waals surface area contributed by atoms with Crippen LogP contribution < -0.4 is 5.73 Å². The molecule has 0 spiro atoms. The number of nitrogens with two attached hydrogens (primary N) is 1. The van der Waals surface area contributed by atoms with Crippen LogP contribution in [0.25, 0.3) is 10.9 Å². The molecule has 2 aromatic rings. The Morgan fingerprint density at radius 3 is 2.38 bits per heavy atom. The molecule has 0 saturated carbocycles. The Balaban J connectivity index is 0.000000597. The van der Waals surface area contributed by atoms with Gasteiger partial charge in [0.1, 0.15) is 0 Å². The van der Waals surface area contributed by atoms with E-state index in [0.29, 0.717) is 6.42 Å². The number of primary amides is 1. The summed E-state index contributed by atoms with van der Waals surface area (Å²) in [6, 6.07) is 4.55. The number of fused-ring (bicyclic) bond motifs is 1. The average molecular weight is 386 g/mol. The number of aryl methyl sites for hydroxylation is 1. The van der Waals surface area contributed by atoms with Gasteiger partial charge in [-0.15, -0.1) is 12.4 Å². The van der Waals surface area contributed by atoms with Crippen LogP contribution in [-0.2, 0) is 27.8 Å². The van der Waals surface area contributed by atoms with Gasteiger partial charge in [0, 0.05) is 37.2 Å². The number of carbonyl (C=O) groups excluding carboxylic acids is 2. The first kappa shape index (κ1) is 23.4. The van der Waals surface area contributed by atoms with Crippen molar-refractivity contribution in [3.05, 3.63) is 40.1 Å². The molecule has 0 aliphatic rings. The fourth-order valence-corrected chi connectivity index (χ4v) is 2.24. The molecule has 1 heterocycles. The van der Waals surface area contributed by atoms with Crippen molar-refractivity contribution in [3.63, 3.8) is 0 Å². The molecule has 1 amide bonds. The molecule has 9 heteroatoms. The standard InChI is InChI=1S/C11H11N3O3.C6H12O2.ClH/c1-13-6-7(4-11(12)15)9-3-2-8(14(16)17)5-10(9)13;1-4-6(7)8-5(2)3;/h2-3,5-6H,4H2,1H3,(H2,12,15);5H,4H2,1-3H3;1H. The summed E-state index contributed by atoms with van der Waals surface area (Å²) < 4.78 is 6.51. The first-order valence-corrected chi connectivity index (χ1v) is 7.85. The highest BCUT2D eigenvalue weighted by Crippen LogP contribution is 2.25. The number of hydrogen-bond donors (Lipinski definition) is 1. The SMILES string of the molecule is CCC(=O)OC(C)C.Cl.Cn1cc(CC(N)=O)c2ccc([N+](=O)[O-])cc21. The van der Waals surface area contributed by atoms with E-state index in [1.54, 1.807) is 30.8 Å². The number of amides is 1. The van der Waals surface area contributed by atoms with E-state index in [1.165, 1.54) is 12.1 Å². The van der Waals surface area contributed by atoms with E-state index in [9.17, 15) is 19.7 Å². The topological polar surface area (TPSA) is 117 Å². The minimum Gasteiger partial charge on any atom is -0.463 e. The number of hydrogen-bond acceptors (Lipinski definition) is 5. The third-order valence-electron chi connectivity index (χ3n) is 3.29. The second-order valence-electron chi connectivity index (χ2n) is 5.76. The molecule has 0 aliphatic heterocycles. The van der Waals surface area contributed by atoms with Crippen molar-refractivity contribution in [2.45, 2.75) is 39.7 Å². The van der Waals surface area contributed by atoms with E-state index in [4.69, 9.17) is 10.5 Å². The summed E-state index contributed by atoms with van der Waals surface area (Å²) in [5.74, 6) is -0.546. The molecular formula is C17H24ClN3O5. The van der Waals surface area contributed by atoms with Crippen molar-refractivity contribution in [1.82, 2.24) is 4.57 Å². The van der Waals surface area contributed by atoms with Crippen LogP contribution in [0, 0.1) is 10.1 Å². The normalized spacial score (nSPS) is 9.88. The first-order chi connectivity index (χ1) is 11.6. The smallest absolute Gasteiger partial charge is 0.305 e. The summed E-state index contributed by atoms with van der Waals surface area (Å²) in [4.78, 5) is 31.5. The van der Waals surface area contributed by atoms with E-state index in [2.05, 4.69) is 0 Å². The molecule has 8 nitrogen and oxygen atoms in total. The number of nitro groups is 1. The average Bonchev–Trinajstić information content (AvgIpc) is 2.82. The quantitative estimate of drug-likeness (QED) is 0.482. The lowest BCUT2D eigenvalue weighted by molar-refractivity contribution is -0.384. The largest absolute Gasteiger partial charge is 0.463 e. The lowest BCUT2D eigenvalue weighted by Gasteiger charge is -2.04. The highest BCUT2D eigenvalue weighted by molar-refractivity contribution is 5.90. The molecule has 0 saturated heterocycles. The minimum absolute atomic E-state index is 0. The number of nitrogens with zero attached hydrogens (tertiary/aromatic N) is 2. The van der Waals surface area contributed by atoms with Crippen molar-refractivity contribution < 1.29 is 19.2 Å². The Hall–Kier alpha value is -2.61. The van der Waals surface area contributed by atoms with Gasteiger partial charge in [0.15, 0.2) is 0 Å². The van der Waals surface area contributed by atoms with Gasteiger partial charge in [0.05, 0.1) is 23.0 Å². The van der Waals surface area contributed by atoms with E-state index < -0.39 is 10.8 Å². The summed E-state index contributed by atoms with van der Waals surface area (Å²) in [5.41, 5.74) is 6.68. The van der Waals surface area contributed by atoms with Gasteiger partial charge < -0.3 is 15.0 Å². The Bertz CT molecular complexity index is 786. The molecule has 26 heavy (non-hydrogen) atoms. The van der Waals surface area contributed by atoms with E-state index in [0.717, 1.165) is 16.5 Å². The molecule has 0 unspecified atom stereocenters. The zero-order valence-electron chi connectivity index (χ0n) is 15.2. The third-order valence-corrected chi connectivity index (χ3v) is 3.29. The van der Waals surface area contributed by atoms with Crippen molar-refractivity contribution in [2.24, 2.45) is 12.8 Å². The molecule has 0 fully saturated rings. The van der Waals surface area contributed by atoms with Crippen LogP contribution in [0.1, 0.15) is 32.8 Å². The van der Waals surface area contributed by atoms with Crippen molar-refractivity contribution in [3.8, 4) is 0 Å². The fraction of sp³-hybridized carbons (Fsp3) is 0.412. The maximum Gasteiger partial charge on any atom is 0.305 e. The number of ether oxygens (including phenoxy) is 1. The number of carbonyl (C=O) groups is 2. The van der Waals surface area contributed by atoms with Gasteiger partial charge in [0.2, 0.25) is 5.91 Å². The predicted molar refractivity (Wildman–Crippen MR) is 101 cm³/mol. The van der Waals surface area contributed by atoms with Gasteiger partial charge in [0.25, 0.3) is 5.69 Å². The lowest BCUT2D eigenvalue weighted by Crippen LogP contribution is -2.13. The Labute approximate surface area is 157 Å². The van der Waals surface area contributed by atoms with Crippen molar-refractivity contribution in [2.75, 3.05) is 0 Å². The van der Waals surface area contributed by atoms with E-state index in [-0.39, 0.29) is 36.6 Å². The third kappa shape index (κ3) is 6.72. The van der Waals surface area contributed by atoms with Crippen LogP contribution in [0.4, 0.5) is 5.69 Å². The van der Waals surface area contributed by atoms with Crippen molar-refractivity contribution >= 4 is 40.9 Å². The number of aromatic nitrogens is 1. The van der Waals surface area contributed by atoms with Crippen LogP contribution in [0.2, 0.25) is 0 Å². The maximum absolute atomic E-state index is 10.9. The number of esters is 1. The summed E-state index contributed by atoms with van der Waals surface area (Å²) in [7, 11) is 1.77. The Morgan fingerprint density at radius 2 is 1.96 bits per heavy atom. The molecule has 1 aromatic heterocycles. The molecule has 0 aliphatic carbocycles. The second-order valence-corrected chi connectivity index (χ2v) is 5.76. The Kier molecular flexibility index (Phi) is 9.35. The molecule has 0 atom stereocenters. The van der Waals surface area contributed by atoms with E-state index in [1.807, 2.05) is 13.8 Å². The molecule has 1 aromatic carbocycles. The molecule has 2 rings (SSSR count). The van der Waals surface area contributed by atoms with Gasteiger partial charge in [-0.3, -0.25) is 19.7 Å². The zero-order valence-corrected chi connectivity index (χ0v) is 16.0. The number of non-ortho nitro benzene ring substituents is 1. The second kappa shape index (κ2) is 10.4. The molecule has 144 valence electrons. The van der Waals surface area contributed by atoms with Gasteiger partial charge in [-0.2, -0.15) is 0 Å². The van der Waals surface area contributed by atoms with E-state index >= 15 is 0 Å². The van der Waals surface area contributed by atoms with Crippen LogP contribution in [0.15, 0.2) is 24.4 Å². The monoisotopic (exact) mass is 385 g/mol. The highest BCUT2D eigenvalue weighted by Gasteiger charge is 2.13. The zero-order chi connectivity index (χ0) is 19.1. The van der Waals surface area contributed by atoms with Gasteiger partial charge in [-0.05, 0) is 25.5 Å². The number of benzene rings is 1. The molecular weight excluding hydrogens is 362 g/mol. The number of nitro benzene ring substituents is 1. The van der Waals surface area contributed by atoms with Gasteiger partial charge >= 0.3 is 5.97 Å². The van der Waals surface area contributed by atoms with Crippen LogP contribution in [0.5, 0.6) is 0 Å². The Morgan fingerprint density at radius 1 is 1.35 bits per heavy atom. The van der Waals surface area contributed by atoms with Crippen molar-refractivity contribution in [1.29, 1.82) is 0 Å². The molecule has 0 radical (unpaired) electrons.